The third kappa shape index (κ3) is 3.03. The van der Waals surface area contributed by atoms with Crippen LogP contribution in [0.25, 0.3) is 0 Å². The summed E-state index contributed by atoms with van der Waals surface area (Å²) in [5, 5.41) is 31.8. The lowest BCUT2D eigenvalue weighted by Gasteiger charge is -2.34. The Morgan fingerprint density at radius 3 is 1.79 bits per heavy atom. The SMILES string of the molecule is NCCNC(C(=O)O)(c1ccccc1NO)c1ccccc1NO. The summed E-state index contributed by atoms with van der Waals surface area (Å²) in [6.45, 7) is 0.407. The molecule has 0 aliphatic carbocycles. The maximum Gasteiger partial charge on any atom is 0.333 e. The third-order valence-corrected chi connectivity index (χ3v) is 3.76. The zero-order valence-electron chi connectivity index (χ0n) is 12.9. The molecule has 0 radical (unpaired) electrons. The van der Waals surface area contributed by atoms with E-state index in [1.165, 1.54) is 0 Å². The molecule has 0 aromatic heterocycles. The van der Waals surface area contributed by atoms with Crippen molar-refractivity contribution in [1.29, 1.82) is 0 Å². The molecule has 0 aliphatic rings. The molecule has 0 saturated heterocycles. The maximum absolute atomic E-state index is 12.3. The molecule has 0 aliphatic heterocycles. The molecular weight excluding hydrogens is 312 g/mol. The van der Waals surface area contributed by atoms with Crippen LogP contribution in [0.3, 0.4) is 0 Å². The minimum atomic E-state index is -1.74. The molecule has 0 amide bonds. The Morgan fingerprint density at radius 2 is 1.42 bits per heavy atom. The van der Waals surface area contributed by atoms with Crippen LogP contribution in [0.2, 0.25) is 0 Å². The van der Waals surface area contributed by atoms with E-state index in [2.05, 4.69) is 5.32 Å². The fourth-order valence-corrected chi connectivity index (χ4v) is 2.72. The lowest BCUT2D eigenvalue weighted by atomic mass is 9.80. The number of carbonyl (C=O) groups is 1. The fourth-order valence-electron chi connectivity index (χ4n) is 2.72. The number of para-hydroxylation sites is 2. The Kier molecular flexibility index (Phi) is 5.72. The van der Waals surface area contributed by atoms with Crippen molar-refractivity contribution in [2.45, 2.75) is 5.54 Å². The lowest BCUT2D eigenvalue weighted by Crippen LogP contribution is -2.52. The number of nitrogens with one attached hydrogen (secondary N) is 3. The number of rotatable bonds is 8. The van der Waals surface area contributed by atoms with Crippen LogP contribution in [0.5, 0.6) is 0 Å². The summed E-state index contributed by atoms with van der Waals surface area (Å²) in [5.41, 5.74) is 8.84. The van der Waals surface area contributed by atoms with Crippen molar-refractivity contribution in [2.24, 2.45) is 5.73 Å². The van der Waals surface area contributed by atoms with Crippen LogP contribution in [-0.4, -0.2) is 34.6 Å². The monoisotopic (exact) mass is 332 g/mol. The molecule has 8 nitrogen and oxygen atoms in total. The van der Waals surface area contributed by atoms with Crippen molar-refractivity contribution < 1.29 is 20.3 Å². The Morgan fingerprint density at radius 1 is 0.958 bits per heavy atom. The molecule has 2 aromatic rings. The highest BCUT2D eigenvalue weighted by Gasteiger charge is 2.45. The Balaban J connectivity index is 2.80. The number of aliphatic carboxylic acids is 1. The van der Waals surface area contributed by atoms with Crippen LogP contribution in [-0.2, 0) is 10.3 Å². The molecule has 0 heterocycles. The Bertz CT molecular complexity index is 660. The lowest BCUT2D eigenvalue weighted by molar-refractivity contribution is -0.143. The van der Waals surface area contributed by atoms with Gasteiger partial charge in [-0.1, -0.05) is 36.4 Å². The quantitative estimate of drug-likeness (QED) is 0.357. The van der Waals surface area contributed by atoms with E-state index in [4.69, 9.17) is 5.73 Å². The van der Waals surface area contributed by atoms with Crippen molar-refractivity contribution >= 4 is 17.3 Å². The Labute approximate surface area is 138 Å². The molecule has 128 valence electrons. The molecule has 24 heavy (non-hydrogen) atoms. The van der Waals surface area contributed by atoms with Gasteiger partial charge in [-0.2, -0.15) is 0 Å². The van der Waals surface area contributed by atoms with Gasteiger partial charge in [-0.05, 0) is 12.1 Å². The van der Waals surface area contributed by atoms with E-state index in [-0.39, 0.29) is 35.6 Å². The van der Waals surface area contributed by atoms with Crippen molar-refractivity contribution in [3.63, 3.8) is 0 Å². The molecular formula is C16H20N4O4. The number of anilines is 2. The van der Waals surface area contributed by atoms with Gasteiger partial charge in [0.15, 0.2) is 5.54 Å². The summed E-state index contributed by atoms with van der Waals surface area (Å²) in [6.07, 6.45) is 0. The number of hydrogen-bond donors (Lipinski definition) is 7. The summed E-state index contributed by atoms with van der Waals surface area (Å²) in [6, 6.07) is 12.9. The van der Waals surface area contributed by atoms with Gasteiger partial charge in [-0.25, -0.2) is 4.79 Å². The largest absolute Gasteiger partial charge is 0.479 e. The van der Waals surface area contributed by atoms with E-state index in [0.29, 0.717) is 0 Å². The van der Waals surface area contributed by atoms with Crippen LogP contribution in [0.4, 0.5) is 11.4 Å². The summed E-state index contributed by atoms with van der Waals surface area (Å²) in [7, 11) is 0. The van der Waals surface area contributed by atoms with Crippen LogP contribution < -0.4 is 22.0 Å². The van der Waals surface area contributed by atoms with Crippen molar-refractivity contribution in [3.8, 4) is 0 Å². The van der Waals surface area contributed by atoms with E-state index >= 15 is 0 Å². The molecule has 8 N–H and O–H groups in total. The minimum Gasteiger partial charge on any atom is -0.479 e. The molecule has 2 rings (SSSR count). The number of carboxylic acid groups (broad SMARTS) is 1. The van der Waals surface area contributed by atoms with Gasteiger partial charge in [-0.15, -0.1) is 0 Å². The molecule has 0 saturated carbocycles. The van der Waals surface area contributed by atoms with Crippen LogP contribution in [0, 0.1) is 0 Å². The summed E-state index contributed by atoms with van der Waals surface area (Å²) in [4.78, 5) is 12.3. The van der Waals surface area contributed by atoms with Crippen LogP contribution >= 0.6 is 0 Å². The first-order chi connectivity index (χ1) is 11.6. The van der Waals surface area contributed by atoms with E-state index in [0.717, 1.165) is 0 Å². The predicted octanol–water partition coefficient (Wildman–Crippen LogP) is 1.17. The van der Waals surface area contributed by atoms with Crippen molar-refractivity contribution in [2.75, 3.05) is 24.0 Å². The number of nitrogens with two attached hydrogens (primary N) is 1. The van der Waals surface area contributed by atoms with Gasteiger partial charge in [0.05, 0.1) is 11.4 Å². The minimum absolute atomic E-state index is 0.200. The molecule has 2 aromatic carbocycles. The molecule has 0 unspecified atom stereocenters. The predicted molar refractivity (Wildman–Crippen MR) is 89.2 cm³/mol. The summed E-state index contributed by atoms with van der Waals surface area (Å²) < 4.78 is 0. The standard InChI is InChI=1S/C16H20N4O4/c17-9-10-18-16(15(21)22,11-5-1-3-7-13(11)19-23)12-6-2-4-8-14(12)20-24/h1-8,18-20,23-24H,9-10,17H2,(H,21,22). The van der Waals surface area contributed by atoms with Crippen molar-refractivity contribution in [1.82, 2.24) is 5.32 Å². The van der Waals surface area contributed by atoms with Crippen molar-refractivity contribution in [3.05, 3.63) is 59.7 Å². The summed E-state index contributed by atoms with van der Waals surface area (Å²) in [5.74, 6) is -1.21. The molecule has 0 spiro atoms. The normalized spacial score (nSPS) is 11.1. The van der Waals surface area contributed by atoms with Gasteiger partial charge >= 0.3 is 5.97 Å². The zero-order chi connectivity index (χ0) is 17.6. The molecule has 0 atom stereocenters. The van der Waals surface area contributed by atoms with Gasteiger partial charge in [0.1, 0.15) is 0 Å². The molecule has 0 bridgehead atoms. The highest BCUT2D eigenvalue weighted by atomic mass is 16.5. The average Bonchev–Trinajstić information content (AvgIpc) is 2.62. The summed E-state index contributed by atoms with van der Waals surface area (Å²) >= 11 is 0. The highest BCUT2D eigenvalue weighted by molar-refractivity contribution is 5.90. The van der Waals surface area contributed by atoms with E-state index < -0.39 is 11.5 Å². The number of carboxylic acids is 1. The first-order valence-electron chi connectivity index (χ1n) is 7.29. The van der Waals surface area contributed by atoms with Gasteiger partial charge in [-0.3, -0.25) is 26.7 Å². The second-order valence-electron chi connectivity index (χ2n) is 5.09. The van der Waals surface area contributed by atoms with E-state index in [1.807, 2.05) is 11.0 Å². The van der Waals surface area contributed by atoms with Gasteiger partial charge < -0.3 is 10.8 Å². The zero-order valence-corrected chi connectivity index (χ0v) is 12.9. The molecule has 0 fully saturated rings. The van der Waals surface area contributed by atoms with E-state index in [9.17, 15) is 20.3 Å². The second-order valence-corrected chi connectivity index (χ2v) is 5.09. The maximum atomic E-state index is 12.3. The third-order valence-electron chi connectivity index (χ3n) is 3.76. The van der Waals surface area contributed by atoms with Crippen LogP contribution in [0.15, 0.2) is 48.5 Å². The fraction of sp³-hybridized carbons (Fsp3) is 0.188. The van der Waals surface area contributed by atoms with Gasteiger partial charge in [0.2, 0.25) is 0 Å². The molecule has 8 heteroatoms. The first kappa shape index (κ1) is 17.7. The topological polar surface area (TPSA) is 140 Å². The second kappa shape index (κ2) is 7.75. The highest BCUT2D eigenvalue weighted by Crippen LogP contribution is 2.38. The number of benzene rings is 2. The van der Waals surface area contributed by atoms with Crippen LogP contribution in [0.1, 0.15) is 11.1 Å². The van der Waals surface area contributed by atoms with Gasteiger partial charge in [0, 0.05) is 24.2 Å². The average molecular weight is 332 g/mol. The van der Waals surface area contributed by atoms with E-state index in [1.54, 1.807) is 48.5 Å². The Hall–Kier alpha value is -2.65. The first-order valence-corrected chi connectivity index (χ1v) is 7.29. The number of hydrogen-bond acceptors (Lipinski definition) is 7. The van der Waals surface area contributed by atoms with Gasteiger partial charge in [0.25, 0.3) is 0 Å². The smallest absolute Gasteiger partial charge is 0.333 e.